The summed E-state index contributed by atoms with van der Waals surface area (Å²) in [5, 5.41) is 27.8. The number of carbonyl (C=O) groups excluding carboxylic acids is 1. The van der Waals surface area contributed by atoms with E-state index in [1.807, 2.05) is 0 Å². The average molecular weight is 189 g/mol. The smallest absolute Gasteiger partial charge is 0.260 e. The van der Waals surface area contributed by atoms with Gasteiger partial charge in [-0.05, 0) is 0 Å². The molecule has 0 radical (unpaired) electrons. The van der Waals surface area contributed by atoms with Crippen molar-refractivity contribution in [2.24, 2.45) is 0 Å². The zero-order chi connectivity index (χ0) is 9.80. The highest BCUT2D eigenvalue weighted by Crippen LogP contribution is 2.40. The Morgan fingerprint density at radius 2 is 2.23 bits per heavy atom. The van der Waals surface area contributed by atoms with E-state index in [9.17, 15) is 15.0 Å². The van der Waals surface area contributed by atoms with Gasteiger partial charge in [-0.25, -0.2) is 0 Å². The van der Waals surface area contributed by atoms with Gasteiger partial charge in [0.25, 0.3) is 5.91 Å². The number of hydrogen-bond acceptors (Lipinski definition) is 5. The van der Waals surface area contributed by atoms with Crippen molar-refractivity contribution in [1.82, 2.24) is 4.90 Å². The van der Waals surface area contributed by atoms with E-state index >= 15 is 0 Å². The molecule has 0 aromatic heterocycles. The molecule has 0 spiro atoms. The Kier molecular flexibility index (Phi) is 1.65. The largest absolute Gasteiger partial charge is 0.393 e. The van der Waals surface area contributed by atoms with Crippen LogP contribution in [0.25, 0.3) is 0 Å². The van der Waals surface area contributed by atoms with Gasteiger partial charge in [-0.15, -0.1) is 0 Å². The second-order valence-corrected chi connectivity index (χ2v) is 3.41. The third-order valence-corrected chi connectivity index (χ3v) is 2.79. The Bertz CT molecular complexity index is 257. The summed E-state index contributed by atoms with van der Waals surface area (Å²) in [7, 11) is 1.46. The van der Waals surface area contributed by atoms with Crippen LogP contribution in [0.5, 0.6) is 0 Å². The summed E-state index contributed by atoms with van der Waals surface area (Å²) in [4.78, 5) is 12.6. The van der Waals surface area contributed by atoms with E-state index in [0.717, 1.165) is 0 Å². The number of carbonyl (C=O) groups is 1. The molecule has 2 fully saturated rings. The predicted molar refractivity (Wildman–Crippen MR) is 39.5 cm³/mol. The SMILES string of the molecule is CN1C(=O)[C@]2(CO)O[C@@H](O)C1C2O. The van der Waals surface area contributed by atoms with Gasteiger partial charge in [0.05, 0.1) is 6.61 Å². The number of rotatable bonds is 1. The molecule has 1 amide bonds. The summed E-state index contributed by atoms with van der Waals surface area (Å²) >= 11 is 0. The molecule has 3 N–H and O–H groups in total. The van der Waals surface area contributed by atoms with Crippen LogP contribution in [-0.2, 0) is 9.53 Å². The molecule has 6 heteroatoms. The van der Waals surface area contributed by atoms with Crippen molar-refractivity contribution in [3.63, 3.8) is 0 Å². The number of likely N-dealkylation sites (tertiary alicyclic amines) is 1. The summed E-state index contributed by atoms with van der Waals surface area (Å²) in [6.45, 7) is -0.620. The highest BCUT2D eigenvalue weighted by atomic mass is 16.7. The minimum atomic E-state index is -1.64. The zero-order valence-electron chi connectivity index (χ0n) is 7.04. The highest BCUT2D eigenvalue weighted by molar-refractivity contribution is 5.90. The van der Waals surface area contributed by atoms with Gasteiger partial charge in [-0.1, -0.05) is 0 Å². The normalized spacial score (nSPS) is 49.1. The van der Waals surface area contributed by atoms with Crippen LogP contribution >= 0.6 is 0 Å². The molecule has 2 saturated heterocycles. The maximum atomic E-state index is 11.4. The fourth-order valence-electron chi connectivity index (χ4n) is 2.00. The monoisotopic (exact) mass is 189 g/mol. The van der Waals surface area contributed by atoms with Gasteiger partial charge in [0, 0.05) is 7.05 Å². The lowest BCUT2D eigenvalue weighted by Crippen LogP contribution is -2.52. The summed E-state index contributed by atoms with van der Waals surface area (Å²) in [5.41, 5.74) is -1.64. The van der Waals surface area contributed by atoms with E-state index in [2.05, 4.69) is 0 Å². The Labute approximate surface area is 74.3 Å². The van der Waals surface area contributed by atoms with Crippen molar-refractivity contribution in [2.75, 3.05) is 13.7 Å². The summed E-state index contributed by atoms with van der Waals surface area (Å²) in [6.07, 6.45) is -2.38. The summed E-state index contributed by atoms with van der Waals surface area (Å²) < 4.78 is 4.86. The first-order chi connectivity index (χ1) is 6.04. The van der Waals surface area contributed by atoms with Crippen molar-refractivity contribution in [2.45, 2.75) is 24.0 Å². The average Bonchev–Trinajstić information content (AvgIpc) is 2.44. The molecule has 2 aliphatic heterocycles. The van der Waals surface area contributed by atoms with Crippen LogP contribution in [0.2, 0.25) is 0 Å². The molecule has 6 nitrogen and oxygen atoms in total. The maximum absolute atomic E-state index is 11.4. The summed E-state index contributed by atoms with van der Waals surface area (Å²) in [5.74, 6) is -0.488. The first-order valence-electron chi connectivity index (χ1n) is 3.96. The number of aliphatic hydroxyl groups is 3. The maximum Gasteiger partial charge on any atom is 0.260 e. The van der Waals surface area contributed by atoms with E-state index in [1.165, 1.54) is 11.9 Å². The van der Waals surface area contributed by atoms with Gasteiger partial charge in [0.15, 0.2) is 6.29 Å². The molecule has 2 heterocycles. The highest BCUT2D eigenvalue weighted by Gasteiger charge is 2.67. The number of nitrogens with zero attached hydrogens (tertiary/aromatic N) is 1. The second kappa shape index (κ2) is 2.42. The molecule has 13 heavy (non-hydrogen) atoms. The molecule has 2 unspecified atom stereocenters. The van der Waals surface area contributed by atoms with Gasteiger partial charge in [-0.3, -0.25) is 4.79 Å². The fraction of sp³-hybridized carbons (Fsp3) is 0.857. The number of morpholine rings is 1. The van der Waals surface area contributed by atoms with Crippen molar-refractivity contribution >= 4 is 5.91 Å². The van der Waals surface area contributed by atoms with Crippen molar-refractivity contribution < 1.29 is 24.9 Å². The zero-order valence-corrected chi connectivity index (χ0v) is 7.04. The molecule has 0 saturated carbocycles. The van der Waals surface area contributed by atoms with Crippen molar-refractivity contribution in [1.29, 1.82) is 0 Å². The molecule has 4 atom stereocenters. The van der Waals surface area contributed by atoms with Crippen LogP contribution < -0.4 is 0 Å². The van der Waals surface area contributed by atoms with Gasteiger partial charge in [0.1, 0.15) is 12.1 Å². The lowest BCUT2D eigenvalue weighted by Gasteiger charge is -2.30. The van der Waals surface area contributed by atoms with Crippen molar-refractivity contribution in [3.05, 3.63) is 0 Å². The number of ether oxygens (including phenoxy) is 1. The van der Waals surface area contributed by atoms with Gasteiger partial charge >= 0.3 is 0 Å². The second-order valence-electron chi connectivity index (χ2n) is 3.41. The molecule has 2 rings (SSSR count). The Morgan fingerprint density at radius 1 is 1.62 bits per heavy atom. The molecular weight excluding hydrogens is 178 g/mol. The Hall–Kier alpha value is -0.690. The quantitative estimate of drug-likeness (QED) is 0.416. The third kappa shape index (κ3) is 0.786. The van der Waals surface area contributed by atoms with E-state index in [1.54, 1.807) is 0 Å². The van der Waals surface area contributed by atoms with Crippen LogP contribution in [-0.4, -0.2) is 63.8 Å². The minimum absolute atomic E-state index is 0.488. The summed E-state index contributed by atoms with van der Waals surface area (Å²) in [6, 6.07) is -0.764. The van der Waals surface area contributed by atoms with Gasteiger partial charge in [0.2, 0.25) is 5.60 Å². The third-order valence-electron chi connectivity index (χ3n) is 2.79. The number of amides is 1. The van der Waals surface area contributed by atoms with E-state index in [4.69, 9.17) is 9.84 Å². The molecule has 2 bridgehead atoms. The number of fused-ring (bicyclic) bond motifs is 2. The number of likely N-dealkylation sites (N-methyl/N-ethyl adjacent to an activating group) is 1. The van der Waals surface area contributed by atoms with E-state index in [0.29, 0.717) is 0 Å². The lowest BCUT2D eigenvalue weighted by molar-refractivity contribution is -0.206. The van der Waals surface area contributed by atoms with Crippen LogP contribution in [0, 0.1) is 0 Å². The molecule has 2 aliphatic rings. The van der Waals surface area contributed by atoms with Crippen LogP contribution in [0.3, 0.4) is 0 Å². The molecule has 0 aromatic carbocycles. The number of hydrogen-bond donors (Lipinski definition) is 3. The topological polar surface area (TPSA) is 90.2 Å². The van der Waals surface area contributed by atoms with E-state index in [-0.39, 0.29) is 0 Å². The Balaban J connectivity index is 2.42. The predicted octanol–water partition coefficient (Wildman–Crippen LogP) is -2.73. The first-order valence-corrected chi connectivity index (χ1v) is 3.96. The fourth-order valence-corrected chi connectivity index (χ4v) is 2.00. The van der Waals surface area contributed by atoms with Crippen LogP contribution in [0.1, 0.15) is 0 Å². The van der Waals surface area contributed by atoms with Crippen LogP contribution in [0.15, 0.2) is 0 Å². The standard InChI is InChI=1S/C7H11NO5/c1-8-3-4(10)7(2-9,6(8)12)13-5(3)11/h3-5,9-11H,2H2,1H3/t3?,4?,5-,7-/m1/s1. The molecule has 74 valence electrons. The molecule has 0 aromatic rings. The molecular formula is C7H11NO5. The minimum Gasteiger partial charge on any atom is -0.393 e. The van der Waals surface area contributed by atoms with Gasteiger partial charge in [-0.2, -0.15) is 0 Å². The van der Waals surface area contributed by atoms with Crippen molar-refractivity contribution in [3.8, 4) is 0 Å². The van der Waals surface area contributed by atoms with Crippen LogP contribution in [0.4, 0.5) is 0 Å². The Morgan fingerprint density at radius 3 is 2.62 bits per heavy atom. The van der Waals surface area contributed by atoms with E-state index < -0.39 is 36.6 Å². The molecule has 0 aliphatic carbocycles. The van der Waals surface area contributed by atoms with Gasteiger partial charge < -0.3 is 25.0 Å². The first kappa shape index (κ1) is 8.89. The lowest BCUT2D eigenvalue weighted by atomic mass is 10.0. The number of aliphatic hydroxyl groups excluding tert-OH is 3.